The van der Waals surface area contributed by atoms with Crippen molar-refractivity contribution in [1.29, 1.82) is 0 Å². The predicted octanol–water partition coefficient (Wildman–Crippen LogP) is 6.24. The number of furan rings is 1. The number of rotatable bonds is 6. The van der Waals surface area contributed by atoms with Gasteiger partial charge in [0, 0.05) is 29.3 Å². The number of aromatic nitrogens is 2. The fourth-order valence-corrected chi connectivity index (χ4v) is 5.96. The van der Waals surface area contributed by atoms with Gasteiger partial charge in [-0.2, -0.15) is 5.10 Å². The monoisotopic (exact) mass is 451 g/mol. The van der Waals surface area contributed by atoms with Crippen LogP contribution >= 0.6 is 0 Å². The molecular weight excluding hydrogens is 422 g/mol. The van der Waals surface area contributed by atoms with E-state index in [1.165, 1.54) is 25.7 Å². The molecule has 2 aromatic carbocycles. The van der Waals surface area contributed by atoms with Crippen LogP contribution in [0.15, 0.2) is 77.4 Å². The van der Waals surface area contributed by atoms with E-state index < -0.39 is 0 Å². The van der Waals surface area contributed by atoms with Crippen LogP contribution in [0.25, 0.3) is 34.2 Å². The van der Waals surface area contributed by atoms with Crippen LogP contribution < -0.4 is 5.32 Å². The number of para-hydroxylation sites is 2. The maximum Gasteiger partial charge on any atom is 0.244 e. The molecule has 172 valence electrons. The lowest BCUT2D eigenvalue weighted by molar-refractivity contribution is -0.117. The van der Waals surface area contributed by atoms with Gasteiger partial charge in [-0.05, 0) is 74.3 Å². The maximum absolute atomic E-state index is 12.8. The molecule has 2 fully saturated rings. The van der Waals surface area contributed by atoms with Gasteiger partial charge in [0.1, 0.15) is 11.3 Å². The van der Waals surface area contributed by atoms with Crippen molar-refractivity contribution in [1.82, 2.24) is 15.1 Å². The summed E-state index contributed by atoms with van der Waals surface area (Å²) in [7, 11) is 0. The second-order valence-electron chi connectivity index (χ2n) is 9.83. The lowest BCUT2D eigenvalue weighted by Gasteiger charge is -2.28. The van der Waals surface area contributed by atoms with Gasteiger partial charge < -0.3 is 9.73 Å². The molecule has 2 aliphatic carbocycles. The third kappa shape index (κ3) is 3.96. The Morgan fingerprint density at radius 1 is 1.12 bits per heavy atom. The van der Waals surface area contributed by atoms with Crippen LogP contribution in [-0.2, 0) is 4.79 Å². The molecule has 5 nitrogen and oxygen atoms in total. The number of carbonyl (C=O) groups is 1. The minimum atomic E-state index is -0.0571. The summed E-state index contributed by atoms with van der Waals surface area (Å²) < 4.78 is 7.93. The molecule has 4 atom stereocenters. The molecule has 0 unspecified atom stereocenters. The molecule has 2 bridgehead atoms. The summed E-state index contributed by atoms with van der Waals surface area (Å²) in [6.07, 6.45) is 10.7. The molecule has 0 saturated heterocycles. The number of hydrogen-bond donors (Lipinski definition) is 1. The predicted molar refractivity (Wildman–Crippen MR) is 134 cm³/mol. The summed E-state index contributed by atoms with van der Waals surface area (Å²) in [4.78, 5) is 12.8. The molecule has 2 heterocycles. The molecule has 34 heavy (non-hydrogen) atoms. The van der Waals surface area contributed by atoms with Crippen molar-refractivity contribution in [2.45, 2.75) is 38.6 Å². The van der Waals surface area contributed by atoms with E-state index in [4.69, 9.17) is 9.52 Å². The number of amides is 1. The third-order valence-electron chi connectivity index (χ3n) is 7.64. The molecule has 2 aliphatic rings. The van der Waals surface area contributed by atoms with Crippen LogP contribution in [0.1, 0.15) is 38.2 Å². The summed E-state index contributed by atoms with van der Waals surface area (Å²) in [6, 6.07) is 20.1. The summed E-state index contributed by atoms with van der Waals surface area (Å²) in [5.41, 5.74) is 3.32. The summed E-state index contributed by atoms with van der Waals surface area (Å²) in [5.74, 6) is 2.90. The molecule has 0 radical (unpaired) electrons. The standard InChI is InChI=1S/C29H29N3O2/c1-19(25-16-20-11-12-21(25)15-20)30-28(33)14-13-23-18-32(24-8-3-2-4-9-24)31-29(23)27-17-22-7-5-6-10-26(22)34-27/h2-10,13-14,17-21,25H,11-12,15-16H2,1H3,(H,30,33)/b14-13+/t19-,20+,21+,25+/m0/s1. The summed E-state index contributed by atoms with van der Waals surface area (Å²) in [5, 5.41) is 9.06. The highest BCUT2D eigenvalue weighted by Gasteiger charge is 2.42. The SMILES string of the molecule is C[C@H](NC(=O)/C=C/c1cn(-c2ccccc2)nc1-c1cc2ccccc2o1)[C@H]1C[C@@H]2CC[C@@H]1C2. The Morgan fingerprint density at radius 3 is 2.71 bits per heavy atom. The number of fused-ring (bicyclic) bond motifs is 3. The van der Waals surface area contributed by atoms with Crippen molar-refractivity contribution in [3.05, 3.63) is 78.5 Å². The largest absolute Gasteiger partial charge is 0.454 e. The minimum absolute atomic E-state index is 0.0571. The van der Waals surface area contributed by atoms with E-state index in [2.05, 4.69) is 12.2 Å². The van der Waals surface area contributed by atoms with Crippen LogP contribution in [0.4, 0.5) is 0 Å². The Kier molecular flexibility index (Phi) is 5.33. The van der Waals surface area contributed by atoms with E-state index in [0.29, 0.717) is 17.4 Å². The van der Waals surface area contributed by atoms with Gasteiger partial charge in [0.25, 0.3) is 0 Å². The molecule has 1 N–H and O–H groups in total. The zero-order chi connectivity index (χ0) is 23.1. The van der Waals surface area contributed by atoms with Gasteiger partial charge in [0.05, 0.1) is 5.69 Å². The Balaban J connectivity index is 1.27. The van der Waals surface area contributed by atoms with Gasteiger partial charge in [-0.25, -0.2) is 4.68 Å². The van der Waals surface area contributed by atoms with Gasteiger partial charge in [-0.15, -0.1) is 0 Å². The van der Waals surface area contributed by atoms with Crippen molar-refractivity contribution in [3.63, 3.8) is 0 Å². The second kappa shape index (κ2) is 8.64. The molecule has 0 aliphatic heterocycles. The lowest BCUT2D eigenvalue weighted by atomic mass is 9.84. The fraction of sp³-hybridized carbons (Fsp3) is 0.310. The molecule has 5 heteroatoms. The summed E-state index contributed by atoms with van der Waals surface area (Å²) >= 11 is 0. The first-order chi connectivity index (χ1) is 16.6. The van der Waals surface area contributed by atoms with Crippen molar-refractivity contribution >= 4 is 23.0 Å². The molecule has 2 saturated carbocycles. The van der Waals surface area contributed by atoms with Crippen molar-refractivity contribution in [2.75, 3.05) is 0 Å². The fourth-order valence-electron chi connectivity index (χ4n) is 5.96. The van der Waals surface area contributed by atoms with Crippen LogP contribution in [0.2, 0.25) is 0 Å². The molecule has 0 spiro atoms. The van der Waals surface area contributed by atoms with Gasteiger partial charge in [-0.3, -0.25) is 4.79 Å². The van der Waals surface area contributed by atoms with E-state index in [-0.39, 0.29) is 11.9 Å². The Hall–Kier alpha value is -3.60. The Morgan fingerprint density at radius 2 is 1.94 bits per heavy atom. The molecular formula is C29H29N3O2. The van der Waals surface area contributed by atoms with E-state index in [9.17, 15) is 4.79 Å². The lowest BCUT2D eigenvalue weighted by Crippen LogP contribution is -2.39. The minimum Gasteiger partial charge on any atom is -0.454 e. The first-order valence-corrected chi connectivity index (χ1v) is 12.3. The van der Waals surface area contributed by atoms with Crippen LogP contribution in [-0.4, -0.2) is 21.7 Å². The number of benzene rings is 2. The first-order valence-electron chi connectivity index (χ1n) is 12.3. The quantitative estimate of drug-likeness (QED) is 0.353. The van der Waals surface area contributed by atoms with Crippen molar-refractivity contribution < 1.29 is 9.21 Å². The number of nitrogens with zero attached hydrogens (tertiary/aromatic N) is 2. The van der Waals surface area contributed by atoms with Crippen molar-refractivity contribution in [2.24, 2.45) is 17.8 Å². The van der Waals surface area contributed by atoms with Gasteiger partial charge in [-0.1, -0.05) is 42.8 Å². The van der Waals surface area contributed by atoms with E-state index in [0.717, 1.165) is 34.1 Å². The van der Waals surface area contributed by atoms with Crippen LogP contribution in [0, 0.1) is 17.8 Å². The average Bonchev–Trinajstić information content (AvgIpc) is 3.65. The maximum atomic E-state index is 12.8. The van der Waals surface area contributed by atoms with E-state index >= 15 is 0 Å². The normalized spacial score (nSPS) is 22.6. The second-order valence-corrected chi connectivity index (χ2v) is 9.83. The van der Waals surface area contributed by atoms with Gasteiger partial charge in [0.2, 0.25) is 5.91 Å². The average molecular weight is 452 g/mol. The number of hydrogen-bond acceptors (Lipinski definition) is 3. The van der Waals surface area contributed by atoms with Crippen molar-refractivity contribution in [3.8, 4) is 17.1 Å². The van der Waals surface area contributed by atoms with Crippen LogP contribution in [0.5, 0.6) is 0 Å². The Bertz CT molecular complexity index is 1320. The first kappa shape index (κ1) is 21.0. The van der Waals surface area contributed by atoms with E-state index in [1.54, 1.807) is 6.08 Å². The zero-order valence-electron chi connectivity index (χ0n) is 19.4. The molecule has 4 aromatic rings. The summed E-state index contributed by atoms with van der Waals surface area (Å²) in [6.45, 7) is 2.16. The topological polar surface area (TPSA) is 60.1 Å². The van der Waals surface area contributed by atoms with Gasteiger partial charge in [0.15, 0.2) is 5.76 Å². The third-order valence-corrected chi connectivity index (χ3v) is 7.64. The number of carbonyl (C=O) groups excluding carboxylic acids is 1. The van der Waals surface area contributed by atoms with Gasteiger partial charge >= 0.3 is 0 Å². The highest BCUT2D eigenvalue weighted by molar-refractivity contribution is 5.93. The highest BCUT2D eigenvalue weighted by atomic mass is 16.3. The van der Waals surface area contributed by atoms with E-state index in [1.807, 2.05) is 77.6 Å². The molecule has 2 aromatic heterocycles. The van der Waals surface area contributed by atoms with Crippen LogP contribution in [0.3, 0.4) is 0 Å². The smallest absolute Gasteiger partial charge is 0.244 e. The highest BCUT2D eigenvalue weighted by Crippen LogP contribution is 2.49. The Labute approximate surface area is 199 Å². The molecule has 1 amide bonds. The zero-order valence-corrected chi connectivity index (χ0v) is 19.4. The number of nitrogens with one attached hydrogen (secondary N) is 1. The molecule has 6 rings (SSSR count).